The van der Waals surface area contributed by atoms with Gasteiger partial charge in [0.2, 0.25) is 5.88 Å². The number of fused-ring (bicyclic) bond motifs is 2. The summed E-state index contributed by atoms with van der Waals surface area (Å²) in [6.07, 6.45) is 0. The molecule has 0 aliphatic heterocycles. The Bertz CT molecular complexity index is 1260. The first-order valence-electron chi connectivity index (χ1n) is 8.32. The maximum Gasteiger partial charge on any atom is 0.270 e. The molecule has 2 heterocycles. The molecule has 0 radical (unpaired) electrons. The second kappa shape index (κ2) is 6.62. The normalized spacial score (nSPS) is 11.5. The van der Waals surface area contributed by atoms with Gasteiger partial charge in [0.1, 0.15) is 5.75 Å². The number of aromatic hydroxyl groups is 1. The van der Waals surface area contributed by atoms with Crippen LogP contribution in [0.15, 0.2) is 52.7 Å². The summed E-state index contributed by atoms with van der Waals surface area (Å²) in [6.45, 7) is 1.93. The van der Waals surface area contributed by atoms with Crippen LogP contribution in [0.3, 0.4) is 0 Å². The van der Waals surface area contributed by atoms with E-state index in [4.69, 9.17) is 4.74 Å². The van der Waals surface area contributed by atoms with Crippen LogP contribution in [0.1, 0.15) is 5.56 Å². The summed E-state index contributed by atoms with van der Waals surface area (Å²) in [4.78, 5) is 17.7. The molecule has 4 aromatic rings. The fourth-order valence-electron chi connectivity index (χ4n) is 3.01. The SMILES string of the molecule is COc1ccc2c(C)cc(N=Nc3c(O)[nH]c4ccc([N+](=O)[O-])cc34)nc2c1. The third-order valence-corrected chi connectivity index (χ3v) is 4.41. The average Bonchev–Trinajstić information content (AvgIpc) is 3.00. The van der Waals surface area contributed by atoms with E-state index >= 15 is 0 Å². The molecule has 0 atom stereocenters. The van der Waals surface area contributed by atoms with Crippen molar-refractivity contribution >= 4 is 39.0 Å². The number of H-pyrrole nitrogens is 1. The molecule has 2 aromatic heterocycles. The van der Waals surface area contributed by atoms with Crippen molar-refractivity contribution in [2.45, 2.75) is 6.92 Å². The molecule has 0 aliphatic carbocycles. The van der Waals surface area contributed by atoms with Gasteiger partial charge in [0.05, 0.1) is 23.1 Å². The summed E-state index contributed by atoms with van der Waals surface area (Å²) in [5.74, 6) is 0.797. The summed E-state index contributed by atoms with van der Waals surface area (Å²) in [5.41, 5.74) is 2.19. The van der Waals surface area contributed by atoms with E-state index in [1.54, 1.807) is 19.2 Å². The van der Waals surface area contributed by atoms with Crippen LogP contribution in [0.2, 0.25) is 0 Å². The average molecular weight is 377 g/mol. The second-order valence-electron chi connectivity index (χ2n) is 6.19. The molecule has 0 aliphatic rings. The van der Waals surface area contributed by atoms with Gasteiger partial charge < -0.3 is 14.8 Å². The van der Waals surface area contributed by atoms with Gasteiger partial charge in [-0.3, -0.25) is 10.1 Å². The first-order chi connectivity index (χ1) is 13.5. The predicted octanol–water partition coefficient (Wildman–Crippen LogP) is 5.06. The highest BCUT2D eigenvalue weighted by Gasteiger charge is 2.15. The number of nitrogens with one attached hydrogen (secondary N) is 1. The second-order valence-corrected chi connectivity index (χ2v) is 6.19. The van der Waals surface area contributed by atoms with Crippen molar-refractivity contribution in [1.29, 1.82) is 0 Å². The number of nitrogens with zero attached hydrogens (tertiary/aromatic N) is 4. The number of aromatic amines is 1. The molecule has 0 amide bonds. The van der Waals surface area contributed by atoms with Crippen LogP contribution in [0, 0.1) is 17.0 Å². The third kappa shape index (κ3) is 2.98. The van der Waals surface area contributed by atoms with Crippen molar-refractivity contribution in [3.63, 3.8) is 0 Å². The minimum absolute atomic E-state index is 0.102. The summed E-state index contributed by atoms with van der Waals surface area (Å²) in [6, 6.07) is 11.5. The summed E-state index contributed by atoms with van der Waals surface area (Å²) in [5, 5.41) is 30.7. The fourth-order valence-corrected chi connectivity index (χ4v) is 3.01. The van der Waals surface area contributed by atoms with E-state index in [0.29, 0.717) is 28.0 Å². The molecule has 4 rings (SSSR count). The van der Waals surface area contributed by atoms with Gasteiger partial charge in [-0.05, 0) is 36.8 Å². The number of benzene rings is 2. The summed E-state index contributed by atoms with van der Waals surface area (Å²) >= 11 is 0. The van der Waals surface area contributed by atoms with E-state index in [1.807, 2.05) is 19.1 Å². The zero-order chi connectivity index (χ0) is 19.8. The highest BCUT2D eigenvalue weighted by Crippen LogP contribution is 2.38. The van der Waals surface area contributed by atoms with Crippen LogP contribution in [0.25, 0.3) is 21.8 Å². The zero-order valence-electron chi connectivity index (χ0n) is 15.0. The van der Waals surface area contributed by atoms with E-state index in [9.17, 15) is 15.2 Å². The van der Waals surface area contributed by atoms with Crippen molar-refractivity contribution in [3.05, 3.63) is 58.1 Å². The first-order valence-corrected chi connectivity index (χ1v) is 8.32. The standard InChI is InChI=1S/C19H15N5O4/c1-10-7-17(20-16-9-12(28-2)4-5-13(10)16)22-23-18-14-8-11(24(26)27)3-6-15(14)21-19(18)25/h3-9,21,25H,1-2H3. The Morgan fingerprint density at radius 3 is 2.71 bits per heavy atom. The molecule has 2 N–H and O–H groups in total. The van der Waals surface area contributed by atoms with Gasteiger partial charge in [-0.1, -0.05) is 0 Å². The number of methoxy groups -OCH3 is 1. The predicted molar refractivity (Wildman–Crippen MR) is 104 cm³/mol. The first kappa shape index (κ1) is 17.4. The smallest absolute Gasteiger partial charge is 0.270 e. The number of nitro benzene ring substituents is 1. The lowest BCUT2D eigenvalue weighted by molar-refractivity contribution is -0.384. The number of rotatable bonds is 4. The number of azo groups is 1. The van der Waals surface area contributed by atoms with Crippen molar-refractivity contribution < 1.29 is 14.8 Å². The topological polar surface area (TPSA) is 126 Å². The lowest BCUT2D eigenvalue weighted by atomic mass is 10.1. The number of hydrogen-bond acceptors (Lipinski definition) is 7. The Balaban J connectivity index is 1.79. The van der Waals surface area contributed by atoms with Crippen LogP contribution in [-0.2, 0) is 0 Å². The van der Waals surface area contributed by atoms with E-state index in [-0.39, 0.29) is 17.3 Å². The molecule has 28 heavy (non-hydrogen) atoms. The molecular weight excluding hydrogens is 362 g/mol. The van der Waals surface area contributed by atoms with Crippen molar-refractivity contribution in [2.24, 2.45) is 10.2 Å². The van der Waals surface area contributed by atoms with E-state index in [0.717, 1.165) is 10.9 Å². The molecule has 9 nitrogen and oxygen atoms in total. The van der Waals surface area contributed by atoms with Gasteiger partial charge in [-0.15, -0.1) is 10.2 Å². The van der Waals surface area contributed by atoms with Crippen LogP contribution >= 0.6 is 0 Å². The van der Waals surface area contributed by atoms with Gasteiger partial charge in [0, 0.05) is 29.0 Å². The molecular formula is C19H15N5O4. The monoisotopic (exact) mass is 377 g/mol. The lowest BCUT2D eigenvalue weighted by Gasteiger charge is -2.05. The van der Waals surface area contributed by atoms with Gasteiger partial charge in [-0.25, -0.2) is 4.98 Å². The number of nitro groups is 1. The zero-order valence-corrected chi connectivity index (χ0v) is 15.0. The Labute approximate surface area is 158 Å². The van der Waals surface area contributed by atoms with E-state index in [1.165, 1.54) is 18.2 Å². The number of aryl methyl sites for hydroxylation is 1. The Kier molecular flexibility index (Phi) is 4.11. The van der Waals surface area contributed by atoms with E-state index in [2.05, 4.69) is 20.2 Å². The van der Waals surface area contributed by atoms with Crippen LogP contribution in [0.4, 0.5) is 17.2 Å². The van der Waals surface area contributed by atoms with Crippen LogP contribution in [-0.4, -0.2) is 27.1 Å². The minimum Gasteiger partial charge on any atom is -0.497 e. The molecule has 0 saturated heterocycles. The van der Waals surface area contributed by atoms with Gasteiger partial charge >= 0.3 is 0 Å². The summed E-state index contributed by atoms with van der Waals surface area (Å²) in [7, 11) is 1.58. The molecule has 0 saturated carbocycles. The molecule has 9 heteroatoms. The van der Waals surface area contributed by atoms with Crippen molar-refractivity contribution in [1.82, 2.24) is 9.97 Å². The highest BCUT2D eigenvalue weighted by atomic mass is 16.6. The molecule has 0 unspecified atom stereocenters. The maximum atomic E-state index is 11.0. The number of aromatic nitrogens is 2. The van der Waals surface area contributed by atoms with Gasteiger partial charge in [0.15, 0.2) is 11.5 Å². The number of pyridine rings is 1. The van der Waals surface area contributed by atoms with Gasteiger partial charge in [0.25, 0.3) is 5.69 Å². The van der Waals surface area contributed by atoms with Crippen molar-refractivity contribution in [3.8, 4) is 11.6 Å². The number of hydrogen-bond donors (Lipinski definition) is 2. The lowest BCUT2D eigenvalue weighted by Crippen LogP contribution is -1.87. The molecule has 0 bridgehead atoms. The molecule has 0 spiro atoms. The highest BCUT2D eigenvalue weighted by molar-refractivity contribution is 5.95. The molecule has 140 valence electrons. The van der Waals surface area contributed by atoms with E-state index < -0.39 is 4.92 Å². The Morgan fingerprint density at radius 1 is 1.14 bits per heavy atom. The van der Waals surface area contributed by atoms with Crippen LogP contribution in [0.5, 0.6) is 11.6 Å². The van der Waals surface area contributed by atoms with Crippen LogP contribution < -0.4 is 4.74 Å². The van der Waals surface area contributed by atoms with Crippen molar-refractivity contribution in [2.75, 3.05) is 7.11 Å². The van der Waals surface area contributed by atoms with Gasteiger partial charge in [-0.2, -0.15) is 0 Å². The minimum atomic E-state index is -0.508. The summed E-state index contributed by atoms with van der Waals surface area (Å²) < 4.78 is 5.23. The number of non-ortho nitro benzene ring substituents is 1. The number of ether oxygens (including phenoxy) is 1. The molecule has 0 fully saturated rings. The Morgan fingerprint density at radius 2 is 1.96 bits per heavy atom. The Hall–Kier alpha value is -4.01. The maximum absolute atomic E-state index is 11.0. The fraction of sp³-hybridized carbons (Fsp3) is 0.105. The largest absolute Gasteiger partial charge is 0.497 e. The molecule has 2 aromatic carbocycles. The third-order valence-electron chi connectivity index (χ3n) is 4.41. The quantitative estimate of drug-likeness (QED) is 0.292.